The van der Waals surface area contributed by atoms with Crippen molar-refractivity contribution in [2.24, 2.45) is 0 Å². The minimum atomic E-state index is -3.57. The third kappa shape index (κ3) is 5.55. The first-order chi connectivity index (χ1) is 12.8. The first-order valence-electron chi connectivity index (χ1n) is 8.81. The number of hydrogen-bond donors (Lipinski definition) is 1. The van der Waals surface area contributed by atoms with E-state index in [0.29, 0.717) is 18.7 Å². The van der Waals surface area contributed by atoms with Crippen molar-refractivity contribution < 1.29 is 17.9 Å². The molecule has 6 nitrogen and oxygen atoms in total. The largest absolute Gasteiger partial charge is 0.497 e. The fraction of sp³-hybridized carbons (Fsp3) is 0.350. The molecule has 1 amide bonds. The number of amides is 1. The first-order valence-corrected chi connectivity index (χ1v) is 10.3. The molecule has 2 aromatic carbocycles. The van der Waals surface area contributed by atoms with Crippen molar-refractivity contribution >= 4 is 15.9 Å². The standard InChI is InChI=1S/C20H26N2O4S/c1-5-22(14-16-6-10-18(26-4)11-7-16)20(23)17-8-12-19(13-9-17)27(24,25)21-15(2)3/h6-13,15,21H,5,14H2,1-4H3. The fourth-order valence-electron chi connectivity index (χ4n) is 2.62. The Morgan fingerprint density at radius 2 is 1.67 bits per heavy atom. The summed E-state index contributed by atoms with van der Waals surface area (Å²) < 4.78 is 32.1. The van der Waals surface area contributed by atoms with E-state index in [1.807, 2.05) is 31.2 Å². The zero-order chi connectivity index (χ0) is 20.0. The van der Waals surface area contributed by atoms with E-state index >= 15 is 0 Å². The summed E-state index contributed by atoms with van der Waals surface area (Å²) in [6, 6.07) is 13.4. The molecule has 0 radical (unpaired) electrons. The molecule has 7 heteroatoms. The highest BCUT2D eigenvalue weighted by Crippen LogP contribution is 2.16. The van der Waals surface area contributed by atoms with Crippen LogP contribution in [0.5, 0.6) is 5.75 Å². The number of carbonyl (C=O) groups is 1. The predicted molar refractivity (Wildman–Crippen MR) is 105 cm³/mol. The van der Waals surface area contributed by atoms with Crippen LogP contribution >= 0.6 is 0 Å². The summed E-state index contributed by atoms with van der Waals surface area (Å²) in [5.41, 5.74) is 1.44. The Labute approximate surface area is 161 Å². The van der Waals surface area contributed by atoms with Gasteiger partial charge in [-0.3, -0.25) is 4.79 Å². The summed E-state index contributed by atoms with van der Waals surface area (Å²) in [6.07, 6.45) is 0. The Kier molecular flexibility index (Phi) is 6.98. The zero-order valence-corrected chi connectivity index (χ0v) is 16.9. The van der Waals surface area contributed by atoms with Gasteiger partial charge in [0.05, 0.1) is 12.0 Å². The van der Waals surface area contributed by atoms with Crippen molar-refractivity contribution in [3.63, 3.8) is 0 Å². The summed E-state index contributed by atoms with van der Waals surface area (Å²) >= 11 is 0. The normalized spacial score (nSPS) is 11.4. The minimum absolute atomic E-state index is 0.144. The molecular formula is C20H26N2O4S. The third-order valence-corrected chi connectivity index (χ3v) is 5.68. The highest BCUT2D eigenvalue weighted by Gasteiger charge is 2.18. The Bertz CT molecular complexity index is 860. The lowest BCUT2D eigenvalue weighted by Crippen LogP contribution is -2.31. The average Bonchev–Trinajstić information content (AvgIpc) is 2.65. The monoisotopic (exact) mass is 390 g/mol. The van der Waals surface area contributed by atoms with Gasteiger partial charge in [0.1, 0.15) is 5.75 Å². The summed E-state index contributed by atoms with van der Waals surface area (Å²) in [5, 5.41) is 0. The van der Waals surface area contributed by atoms with E-state index in [1.165, 1.54) is 12.1 Å². The van der Waals surface area contributed by atoms with Crippen molar-refractivity contribution in [1.82, 2.24) is 9.62 Å². The number of nitrogens with zero attached hydrogens (tertiary/aromatic N) is 1. The van der Waals surface area contributed by atoms with Crippen LogP contribution in [0.4, 0.5) is 0 Å². The maximum atomic E-state index is 12.8. The Morgan fingerprint density at radius 3 is 2.15 bits per heavy atom. The third-order valence-electron chi connectivity index (χ3n) is 4.00. The molecule has 2 aromatic rings. The van der Waals surface area contributed by atoms with Crippen LogP contribution in [-0.2, 0) is 16.6 Å². The van der Waals surface area contributed by atoms with Gasteiger partial charge in [-0.2, -0.15) is 0 Å². The minimum Gasteiger partial charge on any atom is -0.497 e. The molecule has 146 valence electrons. The molecule has 0 aliphatic heterocycles. The number of benzene rings is 2. The summed E-state index contributed by atoms with van der Waals surface area (Å²) in [6.45, 7) is 6.43. The molecular weight excluding hydrogens is 364 g/mol. The maximum absolute atomic E-state index is 12.8. The topological polar surface area (TPSA) is 75.7 Å². The van der Waals surface area contributed by atoms with Crippen molar-refractivity contribution in [3.05, 3.63) is 59.7 Å². The van der Waals surface area contributed by atoms with Gasteiger partial charge in [-0.1, -0.05) is 12.1 Å². The van der Waals surface area contributed by atoms with E-state index in [4.69, 9.17) is 4.74 Å². The molecule has 1 N–H and O–H groups in total. The van der Waals surface area contributed by atoms with E-state index in [2.05, 4.69) is 4.72 Å². The summed E-state index contributed by atoms with van der Waals surface area (Å²) in [7, 11) is -1.96. The Balaban J connectivity index is 2.14. The van der Waals surface area contributed by atoms with Crippen molar-refractivity contribution in [3.8, 4) is 5.75 Å². The van der Waals surface area contributed by atoms with Crippen molar-refractivity contribution in [2.75, 3.05) is 13.7 Å². The second kappa shape index (κ2) is 9.01. The van der Waals surface area contributed by atoms with Gasteiger partial charge in [0.15, 0.2) is 0 Å². The lowest BCUT2D eigenvalue weighted by molar-refractivity contribution is 0.0752. The molecule has 0 heterocycles. The molecule has 0 aliphatic rings. The lowest BCUT2D eigenvalue weighted by atomic mass is 10.1. The van der Waals surface area contributed by atoms with E-state index in [-0.39, 0.29) is 16.8 Å². The zero-order valence-electron chi connectivity index (χ0n) is 16.1. The number of methoxy groups -OCH3 is 1. The predicted octanol–water partition coefficient (Wildman–Crippen LogP) is 3.04. The van der Waals surface area contributed by atoms with Crippen LogP contribution in [-0.4, -0.2) is 38.9 Å². The van der Waals surface area contributed by atoms with E-state index in [0.717, 1.165) is 11.3 Å². The van der Waals surface area contributed by atoms with E-state index < -0.39 is 10.0 Å². The van der Waals surface area contributed by atoms with Crippen LogP contribution in [0.25, 0.3) is 0 Å². The molecule has 0 fully saturated rings. The number of rotatable bonds is 8. The van der Waals surface area contributed by atoms with Gasteiger partial charge in [0, 0.05) is 24.7 Å². The number of ether oxygens (including phenoxy) is 1. The second-order valence-corrected chi connectivity index (χ2v) is 8.18. The second-order valence-electron chi connectivity index (χ2n) is 6.47. The van der Waals surface area contributed by atoms with Crippen LogP contribution in [0.1, 0.15) is 36.7 Å². The number of carbonyl (C=O) groups excluding carboxylic acids is 1. The van der Waals surface area contributed by atoms with E-state index in [1.54, 1.807) is 38.0 Å². The van der Waals surface area contributed by atoms with Crippen LogP contribution in [0.3, 0.4) is 0 Å². The van der Waals surface area contributed by atoms with Crippen LogP contribution in [0.15, 0.2) is 53.4 Å². The molecule has 0 atom stereocenters. The van der Waals surface area contributed by atoms with Crippen LogP contribution in [0.2, 0.25) is 0 Å². The van der Waals surface area contributed by atoms with Crippen LogP contribution < -0.4 is 9.46 Å². The number of sulfonamides is 1. The summed E-state index contributed by atoms with van der Waals surface area (Å²) in [4.78, 5) is 14.6. The van der Waals surface area contributed by atoms with Gasteiger partial charge in [0.25, 0.3) is 5.91 Å². The average molecular weight is 391 g/mol. The molecule has 0 unspecified atom stereocenters. The Hall–Kier alpha value is -2.38. The smallest absolute Gasteiger partial charge is 0.254 e. The SMILES string of the molecule is CCN(Cc1ccc(OC)cc1)C(=O)c1ccc(S(=O)(=O)NC(C)C)cc1. The van der Waals surface area contributed by atoms with Crippen molar-refractivity contribution in [1.29, 1.82) is 0 Å². The quantitative estimate of drug-likeness (QED) is 0.752. The van der Waals surface area contributed by atoms with Gasteiger partial charge in [-0.15, -0.1) is 0 Å². The van der Waals surface area contributed by atoms with Crippen LogP contribution in [0, 0.1) is 0 Å². The molecule has 0 saturated carbocycles. The molecule has 0 bridgehead atoms. The van der Waals surface area contributed by atoms with E-state index in [9.17, 15) is 13.2 Å². The molecule has 2 rings (SSSR count). The summed E-state index contributed by atoms with van der Waals surface area (Å²) in [5.74, 6) is 0.619. The highest BCUT2D eigenvalue weighted by atomic mass is 32.2. The maximum Gasteiger partial charge on any atom is 0.254 e. The highest BCUT2D eigenvalue weighted by molar-refractivity contribution is 7.89. The first kappa shape index (κ1) is 20.9. The number of hydrogen-bond acceptors (Lipinski definition) is 4. The molecule has 27 heavy (non-hydrogen) atoms. The molecule has 0 aliphatic carbocycles. The lowest BCUT2D eigenvalue weighted by Gasteiger charge is -2.21. The van der Waals surface area contributed by atoms with Crippen molar-refractivity contribution in [2.45, 2.75) is 38.3 Å². The fourth-order valence-corrected chi connectivity index (χ4v) is 3.87. The Morgan fingerprint density at radius 1 is 1.07 bits per heavy atom. The number of nitrogens with one attached hydrogen (secondary N) is 1. The molecule has 0 aromatic heterocycles. The molecule has 0 saturated heterocycles. The van der Waals surface area contributed by atoms with Gasteiger partial charge in [-0.05, 0) is 62.7 Å². The van der Waals surface area contributed by atoms with Gasteiger partial charge in [-0.25, -0.2) is 13.1 Å². The molecule has 0 spiro atoms. The van der Waals surface area contributed by atoms with Gasteiger partial charge in [0.2, 0.25) is 10.0 Å². The van der Waals surface area contributed by atoms with Gasteiger partial charge >= 0.3 is 0 Å². The van der Waals surface area contributed by atoms with Gasteiger partial charge < -0.3 is 9.64 Å².